The molecule has 2 aromatic carbocycles. The summed E-state index contributed by atoms with van der Waals surface area (Å²) in [4.78, 5) is 18.3. The van der Waals surface area contributed by atoms with E-state index in [4.69, 9.17) is 11.6 Å². The topological polar surface area (TPSA) is 40.5 Å². The Balaban J connectivity index is 1.57. The van der Waals surface area contributed by atoms with Crippen LogP contribution in [0.2, 0.25) is 5.02 Å². The van der Waals surface area contributed by atoms with Gasteiger partial charge in [-0.3, -0.25) is 4.79 Å². The minimum atomic E-state index is -0.0134. The van der Waals surface area contributed by atoms with E-state index >= 15 is 0 Å². The number of benzene rings is 2. The minimum absolute atomic E-state index is 0.0134. The molecule has 174 valence electrons. The second-order valence-corrected chi connectivity index (χ2v) is 9.31. The van der Waals surface area contributed by atoms with Crippen LogP contribution in [0.5, 0.6) is 0 Å². The molecule has 1 amide bonds. The smallest absolute Gasteiger partial charge is 0.253 e. The number of nitrogens with one attached hydrogen (secondary N) is 1. The first kappa shape index (κ1) is 23.6. The van der Waals surface area contributed by atoms with Crippen molar-refractivity contribution in [3.05, 3.63) is 70.9 Å². The second-order valence-electron chi connectivity index (χ2n) is 8.87. The average Bonchev–Trinajstić information content (AvgIpc) is 3.09. The molecule has 1 N–H and O–H groups in total. The van der Waals surface area contributed by atoms with Gasteiger partial charge in [0.1, 0.15) is 0 Å². The van der Waals surface area contributed by atoms with Crippen LogP contribution in [0.1, 0.15) is 22.5 Å². The molecule has 0 atom stereocenters. The number of amides is 1. The van der Waals surface area contributed by atoms with Gasteiger partial charge in [0, 0.05) is 56.1 Å². The second kappa shape index (κ2) is 10.6. The van der Waals surface area contributed by atoms with Crippen molar-refractivity contribution in [3.8, 4) is 22.4 Å². The number of nitrogens with zero attached hydrogens (tertiary/aromatic N) is 3. The van der Waals surface area contributed by atoms with Gasteiger partial charge < -0.3 is 19.7 Å². The van der Waals surface area contributed by atoms with Crippen LogP contribution in [0, 0.1) is 6.92 Å². The van der Waals surface area contributed by atoms with E-state index in [0.717, 1.165) is 72.8 Å². The number of carbonyl (C=O) groups excluding carboxylic acids is 1. The Morgan fingerprint density at radius 1 is 0.939 bits per heavy atom. The van der Waals surface area contributed by atoms with Crippen LogP contribution in [0.4, 0.5) is 0 Å². The maximum Gasteiger partial charge on any atom is 0.253 e. The Morgan fingerprint density at radius 2 is 1.61 bits per heavy atom. The summed E-state index contributed by atoms with van der Waals surface area (Å²) in [5.74, 6) is -0.0134. The van der Waals surface area contributed by atoms with E-state index < -0.39 is 0 Å². The third kappa shape index (κ3) is 5.32. The molecule has 0 bridgehead atoms. The lowest BCUT2D eigenvalue weighted by Crippen LogP contribution is -2.45. The highest BCUT2D eigenvalue weighted by Crippen LogP contribution is 2.38. The Kier molecular flexibility index (Phi) is 7.53. The van der Waals surface area contributed by atoms with Gasteiger partial charge in [-0.1, -0.05) is 54.1 Å². The molecule has 0 radical (unpaired) electrons. The predicted octanol–water partition coefficient (Wildman–Crippen LogP) is 4.69. The number of rotatable bonds is 7. The van der Waals surface area contributed by atoms with Crippen LogP contribution < -0.4 is 5.32 Å². The van der Waals surface area contributed by atoms with E-state index in [2.05, 4.69) is 38.9 Å². The zero-order chi connectivity index (χ0) is 23.4. The molecule has 4 rings (SSSR count). The van der Waals surface area contributed by atoms with Gasteiger partial charge in [-0.25, -0.2) is 0 Å². The quantitative estimate of drug-likeness (QED) is 0.516. The predicted molar refractivity (Wildman–Crippen MR) is 137 cm³/mol. The first-order chi connectivity index (χ1) is 16.0. The highest BCUT2D eigenvalue weighted by molar-refractivity contribution is 6.30. The fourth-order valence-electron chi connectivity index (χ4n) is 4.58. The van der Waals surface area contributed by atoms with Crippen molar-refractivity contribution >= 4 is 17.5 Å². The summed E-state index contributed by atoms with van der Waals surface area (Å²) in [6.07, 6.45) is 0.950. The molecule has 1 aliphatic heterocycles. The third-order valence-corrected chi connectivity index (χ3v) is 6.88. The summed E-state index contributed by atoms with van der Waals surface area (Å²) in [7, 11) is 4.19. The van der Waals surface area contributed by atoms with Gasteiger partial charge in [0.05, 0.1) is 11.3 Å². The third-order valence-electron chi connectivity index (χ3n) is 6.63. The van der Waals surface area contributed by atoms with Crippen molar-refractivity contribution in [2.45, 2.75) is 13.3 Å². The number of carbonyl (C=O) groups is 1. The molecule has 1 aliphatic rings. The Bertz CT molecular complexity index is 1080. The summed E-state index contributed by atoms with van der Waals surface area (Å²) < 4.78 is 2.12. The highest BCUT2D eigenvalue weighted by atomic mass is 35.5. The zero-order valence-electron chi connectivity index (χ0n) is 19.8. The SMILES string of the molecule is Cc1c(C(=O)NCCCN2CCN(C)CC2)c(-c2ccccc2)c(-c2ccc(Cl)cc2)n1C. The minimum Gasteiger partial charge on any atom is -0.352 e. The van der Waals surface area contributed by atoms with Crippen LogP contribution in [0.25, 0.3) is 22.4 Å². The summed E-state index contributed by atoms with van der Waals surface area (Å²) in [5.41, 5.74) is 5.77. The van der Waals surface area contributed by atoms with Crippen LogP contribution in [-0.4, -0.2) is 66.6 Å². The average molecular weight is 465 g/mol. The number of hydrogen-bond donors (Lipinski definition) is 1. The zero-order valence-corrected chi connectivity index (χ0v) is 20.5. The molecule has 2 heterocycles. The molecule has 33 heavy (non-hydrogen) atoms. The van der Waals surface area contributed by atoms with Gasteiger partial charge in [-0.2, -0.15) is 0 Å². The van der Waals surface area contributed by atoms with Crippen LogP contribution in [0.3, 0.4) is 0 Å². The molecule has 0 aliphatic carbocycles. The fraction of sp³-hybridized carbons (Fsp3) is 0.370. The van der Waals surface area contributed by atoms with Crippen molar-refractivity contribution in [1.82, 2.24) is 19.7 Å². The molecule has 0 unspecified atom stereocenters. The summed E-state index contributed by atoms with van der Waals surface area (Å²) in [6.45, 7) is 8.14. The van der Waals surface area contributed by atoms with Crippen molar-refractivity contribution in [1.29, 1.82) is 0 Å². The number of hydrogen-bond acceptors (Lipinski definition) is 3. The maximum atomic E-state index is 13.4. The highest BCUT2D eigenvalue weighted by Gasteiger charge is 2.25. The van der Waals surface area contributed by atoms with E-state index in [1.807, 2.05) is 56.4 Å². The largest absolute Gasteiger partial charge is 0.352 e. The Labute approximate surface area is 202 Å². The first-order valence-corrected chi connectivity index (χ1v) is 12.0. The molecule has 3 aromatic rings. The lowest BCUT2D eigenvalue weighted by Gasteiger charge is -2.32. The molecule has 6 heteroatoms. The normalized spacial score (nSPS) is 15.0. The van der Waals surface area contributed by atoms with Crippen LogP contribution in [-0.2, 0) is 7.05 Å². The maximum absolute atomic E-state index is 13.4. The van der Waals surface area contributed by atoms with Crippen LogP contribution >= 0.6 is 11.6 Å². The molecule has 1 aromatic heterocycles. The Hall–Kier alpha value is -2.60. The molecule has 0 spiro atoms. The Morgan fingerprint density at radius 3 is 2.27 bits per heavy atom. The molecular weight excluding hydrogens is 432 g/mol. The number of piperazine rings is 1. The van der Waals surface area contributed by atoms with Crippen molar-refractivity contribution < 1.29 is 4.79 Å². The summed E-state index contributed by atoms with van der Waals surface area (Å²) in [6, 6.07) is 18.0. The molecule has 1 saturated heterocycles. The van der Waals surface area contributed by atoms with Gasteiger partial charge in [0.25, 0.3) is 5.91 Å². The van der Waals surface area contributed by atoms with E-state index in [0.29, 0.717) is 11.6 Å². The van der Waals surface area contributed by atoms with E-state index in [1.165, 1.54) is 0 Å². The summed E-state index contributed by atoms with van der Waals surface area (Å²) >= 11 is 6.14. The summed E-state index contributed by atoms with van der Waals surface area (Å²) in [5, 5.41) is 3.89. The lowest BCUT2D eigenvalue weighted by atomic mass is 9.96. The van der Waals surface area contributed by atoms with Gasteiger partial charge >= 0.3 is 0 Å². The first-order valence-electron chi connectivity index (χ1n) is 11.7. The van der Waals surface area contributed by atoms with Crippen LogP contribution in [0.15, 0.2) is 54.6 Å². The van der Waals surface area contributed by atoms with Gasteiger partial charge in [0.2, 0.25) is 0 Å². The van der Waals surface area contributed by atoms with Gasteiger partial charge in [0.15, 0.2) is 0 Å². The number of halogens is 1. The molecule has 1 fully saturated rings. The van der Waals surface area contributed by atoms with Crippen molar-refractivity contribution in [2.75, 3.05) is 46.3 Å². The molecular formula is C27H33ClN4O. The van der Waals surface area contributed by atoms with Gasteiger partial charge in [-0.05, 0) is 50.2 Å². The van der Waals surface area contributed by atoms with Gasteiger partial charge in [-0.15, -0.1) is 0 Å². The van der Waals surface area contributed by atoms with E-state index in [-0.39, 0.29) is 5.91 Å². The molecule has 5 nitrogen and oxygen atoms in total. The number of aromatic nitrogens is 1. The lowest BCUT2D eigenvalue weighted by molar-refractivity contribution is 0.0949. The van der Waals surface area contributed by atoms with E-state index in [1.54, 1.807) is 0 Å². The molecule has 0 saturated carbocycles. The number of likely N-dealkylation sites (N-methyl/N-ethyl adjacent to an activating group) is 1. The van der Waals surface area contributed by atoms with Crippen molar-refractivity contribution in [2.24, 2.45) is 7.05 Å². The standard InChI is InChI=1S/C27H33ClN4O/c1-20-24(27(33)29-14-7-15-32-18-16-30(2)17-19-32)25(21-8-5-4-6-9-21)26(31(20)3)22-10-12-23(28)13-11-22/h4-6,8-13H,7,14-19H2,1-3H3,(H,29,33). The van der Waals surface area contributed by atoms with Crippen molar-refractivity contribution in [3.63, 3.8) is 0 Å². The monoisotopic (exact) mass is 464 g/mol. The fourth-order valence-corrected chi connectivity index (χ4v) is 4.70. The van der Waals surface area contributed by atoms with E-state index in [9.17, 15) is 4.79 Å².